The van der Waals surface area contributed by atoms with Gasteiger partial charge in [0.2, 0.25) is 0 Å². The van der Waals surface area contributed by atoms with Crippen molar-refractivity contribution in [2.24, 2.45) is 0 Å². The van der Waals surface area contributed by atoms with E-state index in [4.69, 9.17) is 15.0 Å². The minimum atomic E-state index is -0.517. The van der Waals surface area contributed by atoms with E-state index in [2.05, 4.69) is 278 Å². The zero-order valence-corrected chi connectivity index (χ0v) is 43.3. The van der Waals surface area contributed by atoms with Crippen LogP contribution in [0.1, 0.15) is 22.3 Å². The monoisotopic (exact) mass is 1010 g/mol. The Labute approximate surface area is 462 Å². The molecule has 0 unspecified atom stereocenters. The molecule has 0 aliphatic heterocycles. The van der Waals surface area contributed by atoms with E-state index in [1.54, 1.807) is 0 Å². The highest BCUT2D eigenvalue weighted by Crippen LogP contribution is 2.63. The summed E-state index contributed by atoms with van der Waals surface area (Å²) in [7, 11) is 0. The Kier molecular flexibility index (Phi) is 9.60. The number of nitrogens with zero attached hydrogens (tertiary/aromatic N) is 4. The normalized spacial score (nSPS) is 12.8. The number of aromatic nitrogens is 4. The predicted molar refractivity (Wildman–Crippen MR) is 330 cm³/mol. The molecule has 17 rings (SSSR count). The number of para-hydroxylation sites is 1. The van der Waals surface area contributed by atoms with Crippen LogP contribution in [0, 0.1) is 0 Å². The van der Waals surface area contributed by atoms with Crippen molar-refractivity contribution in [2.45, 2.75) is 5.41 Å². The molecule has 0 radical (unpaired) electrons. The smallest absolute Gasteiger partial charge is 0.164 e. The van der Waals surface area contributed by atoms with E-state index < -0.39 is 5.41 Å². The Balaban J connectivity index is 0.926. The van der Waals surface area contributed by atoms with Crippen molar-refractivity contribution in [2.75, 3.05) is 0 Å². The van der Waals surface area contributed by atoms with Gasteiger partial charge in [0.1, 0.15) is 0 Å². The molecule has 2 aliphatic rings. The third kappa shape index (κ3) is 6.48. The third-order valence-corrected chi connectivity index (χ3v) is 17.2. The molecule has 1 spiro atoms. The predicted octanol–water partition coefficient (Wildman–Crippen LogP) is 19.1. The second-order valence-electron chi connectivity index (χ2n) is 21.4. The second-order valence-corrected chi connectivity index (χ2v) is 21.4. The van der Waals surface area contributed by atoms with Crippen LogP contribution in [0.15, 0.2) is 279 Å². The van der Waals surface area contributed by atoms with Gasteiger partial charge in [-0.15, -0.1) is 0 Å². The van der Waals surface area contributed by atoms with Gasteiger partial charge in [-0.1, -0.05) is 237 Å². The van der Waals surface area contributed by atoms with Gasteiger partial charge in [0, 0.05) is 33.2 Å². The molecular formula is C76H46N4. The summed E-state index contributed by atoms with van der Waals surface area (Å²) in [6, 6.07) is 102. The fraction of sp³-hybridized carbons (Fsp3) is 0.0132. The lowest BCUT2D eigenvalue weighted by Crippen LogP contribution is -2.25. The van der Waals surface area contributed by atoms with E-state index in [9.17, 15) is 0 Å². The van der Waals surface area contributed by atoms with Crippen molar-refractivity contribution in [3.05, 3.63) is 301 Å². The highest BCUT2D eigenvalue weighted by atomic mass is 15.0. The van der Waals surface area contributed by atoms with Gasteiger partial charge in [-0.25, -0.2) is 15.0 Å². The van der Waals surface area contributed by atoms with E-state index >= 15 is 0 Å². The topological polar surface area (TPSA) is 43.6 Å². The van der Waals surface area contributed by atoms with Gasteiger partial charge in [0.25, 0.3) is 0 Å². The summed E-state index contributed by atoms with van der Waals surface area (Å²) in [4.78, 5) is 16.5. The lowest BCUT2D eigenvalue weighted by atomic mass is 9.70. The van der Waals surface area contributed by atoms with Gasteiger partial charge in [-0.05, 0) is 142 Å². The number of hydrogen-bond donors (Lipinski definition) is 0. The molecule has 13 aromatic carbocycles. The van der Waals surface area contributed by atoms with Crippen molar-refractivity contribution in [3.63, 3.8) is 0 Å². The summed E-state index contributed by atoms with van der Waals surface area (Å²) in [5.74, 6) is 1.82. The summed E-state index contributed by atoms with van der Waals surface area (Å²) in [5.41, 5.74) is 20.1. The molecule has 15 aromatic rings. The quantitative estimate of drug-likeness (QED) is 0.156. The Morgan fingerprint density at radius 2 is 0.650 bits per heavy atom. The maximum Gasteiger partial charge on any atom is 0.164 e. The molecule has 0 bridgehead atoms. The van der Waals surface area contributed by atoms with Gasteiger partial charge in [0.05, 0.1) is 16.4 Å². The maximum absolute atomic E-state index is 5.61. The summed E-state index contributed by atoms with van der Waals surface area (Å²) in [6.45, 7) is 0. The number of benzene rings is 13. The van der Waals surface area contributed by atoms with Crippen LogP contribution in [0.25, 0.3) is 138 Å². The Bertz CT molecular complexity index is 4970. The van der Waals surface area contributed by atoms with Crippen LogP contribution >= 0.6 is 0 Å². The molecule has 0 fully saturated rings. The highest BCUT2D eigenvalue weighted by Gasteiger charge is 2.51. The minimum absolute atomic E-state index is 0.517. The molecule has 2 heterocycles. The Morgan fingerprint density at radius 1 is 0.225 bits per heavy atom. The summed E-state index contributed by atoms with van der Waals surface area (Å²) >= 11 is 0. The largest absolute Gasteiger partial charge is 0.309 e. The standard InChI is InChI=1S/C76H46N4/c1-3-19-47(20-4-1)50-36-40-65-64-30-14-18-34-71(64)80(72(65)46-50)54-42-52(49-35-38-59-57-25-8-7-23-55(57)56-24-9-10-26-58(56)66(59)44-49)41-53(43-54)75-78-73(48-21-5-2-6-22-48)77-74(79-75)51-37-39-63-62-29-13-17-33-69(62)76(70(63)45-51)67-31-15-11-27-60(67)61-28-12-16-32-68(61)76/h1-46H. The van der Waals surface area contributed by atoms with Crippen LogP contribution in [0.3, 0.4) is 0 Å². The molecule has 370 valence electrons. The average molecular weight is 1020 g/mol. The van der Waals surface area contributed by atoms with Gasteiger partial charge in [-0.2, -0.15) is 0 Å². The molecule has 2 aliphatic carbocycles. The van der Waals surface area contributed by atoms with Gasteiger partial charge >= 0.3 is 0 Å². The fourth-order valence-electron chi connectivity index (χ4n) is 13.8. The first-order valence-electron chi connectivity index (χ1n) is 27.5. The van der Waals surface area contributed by atoms with Crippen LogP contribution in [-0.2, 0) is 5.41 Å². The lowest BCUT2D eigenvalue weighted by molar-refractivity contribution is 0.794. The first kappa shape index (κ1) is 44.6. The van der Waals surface area contributed by atoms with E-state index in [1.165, 1.54) is 93.2 Å². The van der Waals surface area contributed by atoms with Crippen LogP contribution in [0.5, 0.6) is 0 Å². The lowest BCUT2D eigenvalue weighted by Gasteiger charge is -2.30. The van der Waals surface area contributed by atoms with Gasteiger partial charge in [0.15, 0.2) is 17.5 Å². The first-order chi connectivity index (χ1) is 39.7. The second kappa shape index (κ2) is 17.2. The molecule has 4 heteroatoms. The van der Waals surface area contributed by atoms with Crippen LogP contribution in [0.4, 0.5) is 0 Å². The maximum atomic E-state index is 5.61. The van der Waals surface area contributed by atoms with Crippen molar-refractivity contribution < 1.29 is 0 Å². The van der Waals surface area contributed by atoms with Gasteiger partial charge in [-0.3, -0.25) is 0 Å². The molecule has 0 amide bonds. The minimum Gasteiger partial charge on any atom is -0.309 e. The molecule has 0 N–H and O–H groups in total. The summed E-state index contributed by atoms with van der Waals surface area (Å²) < 4.78 is 2.43. The van der Waals surface area contributed by atoms with Crippen molar-refractivity contribution >= 4 is 54.1 Å². The molecule has 0 saturated heterocycles. The number of rotatable bonds is 6. The van der Waals surface area contributed by atoms with Crippen LogP contribution < -0.4 is 0 Å². The zero-order valence-electron chi connectivity index (χ0n) is 43.3. The van der Waals surface area contributed by atoms with Gasteiger partial charge < -0.3 is 4.57 Å². The number of fused-ring (bicyclic) bond motifs is 19. The van der Waals surface area contributed by atoms with E-state index in [0.29, 0.717) is 17.5 Å². The Hall–Kier alpha value is -10.6. The van der Waals surface area contributed by atoms with Crippen LogP contribution in [0.2, 0.25) is 0 Å². The van der Waals surface area contributed by atoms with E-state index in [1.807, 2.05) is 6.07 Å². The van der Waals surface area contributed by atoms with E-state index in [-0.39, 0.29) is 0 Å². The summed E-state index contributed by atoms with van der Waals surface area (Å²) in [5, 5.41) is 9.80. The highest BCUT2D eigenvalue weighted by molar-refractivity contribution is 6.26. The first-order valence-corrected chi connectivity index (χ1v) is 27.5. The molecule has 0 atom stereocenters. The molecule has 80 heavy (non-hydrogen) atoms. The molecule has 2 aromatic heterocycles. The Morgan fingerprint density at radius 3 is 1.27 bits per heavy atom. The van der Waals surface area contributed by atoms with Crippen molar-refractivity contribution in [1.82, 2.24) is 19.5 Å². The molecule has 0 saturated carbocycles. The van der Waals surface area contributed by atoms with Crippen LogP contribution in [-0.4, -0.2) is 19.5 Å². The average Bonchev–Trinajstić information content (AvgIpc) is 4.35. The third-order valence-electron chi connectivity index (χ3n) is 17.2. The van der Waals surface area contributed by atoms with E-state index in [0.717, 1.165) is 50.1 Å². The zero-order chi connectivity index (χ0) is 52.5. The van der Waals surface area contributed by atoms with Crippen molar-refractivity contribution in [1.29, 1.82) is 0 Å². The molecule has 4 nitrogen and oxygen atoms in total. The van der Waals surface area contributed by atoms with Crippen molar-refractivity contribution in [3.8, 4) is 84.4 Å². The fourth-order valence-corrected chi connectivity index (χ4v) is 13.8. The summed E-state index contributed by atoms with van der Waals surface area (Å²) in [6.07, 6.45) is 0. The molecular weight excluding hydrogens is 969 g/mol. The number of hydrogen-bond acceptors (Lipinski definition) is 3. The SMILES string of the molecule is c1ccc(-c2ccc3c4ccccc4n(-c4cc(-c5ccc6c7ccccc7c7ccccc7c6c5)cc(-c5nc(-c6ccccc6)nc(-c6ccc7c(c6)C6(c8ccccc8-c8ccccc86)c6ccccc6-7)n5)c4)c3c2)cc1.